The highest BCUT2D eigenvalue weighted by Gasteiger charge is 2.25. The fourth-order valence-electron chi connectivity index (χ4n) is 3.30. The second kappa shape index (κ2) is 11.0. The van der Waals surface area contributed by atoms with Gasteiger partial charge in [0.15, 0.2) is 10.8 Å². The van der Waals surface area contributed by atoms with Crippen molar-refractivity contribution in [1.82, 2.24) is 24.3 Å². The molecule has 33 heavy (non-hydrogen) atoms. The minimum Gasteiger partial charge on any atom is -0.467 e. The molecular weight excluding hydrogens is 446 g/mol. The maximum absolute atomic E-state index is 13.2. The molecule has 3 aromatic heterocycles. The predicted molar refractivity (Wildman–Crippen MR) is 126 cm³/mol. The van der Waals surface area contributed by atoms with Crippen molar-refractivity contribution >= 4 is 29.2 Å². The van der Waals surface area contributed by atoms with Crippen LogP contribution in [0.25, 0.3) is 0 Å². The number of anilines is 2. The van der Waals surface area contributed by atoms with E-state index in [9.17, 15) is 14.4 Å². The van der Waals surface area contributed by atoms with E-state index in [-0.39, 0.29) is 29.1 Å². The van der Waals surface area contributed by atoms with Crippen LogP contribution in [0.5, 0.6) is 0 Å². The summed E-state index contributed by atoms with van der Waals surface area (Å²) in [4.78, 5) is 41.9. The van der Waals surface area contributed by atoms with Crippen LogP contribution in [0.3, 0.4) is 0 Å². The highest BCUT2D eigenvalue weighted by molar-refractivity contribution is 7.99. The molecule has 3 rings (SSSR count). The van der Waals surface area contributed by atoms with E-state index >= 15 is 0 Å². The van der Waals surface area contributed by atoms with Crippen molar-refractivity contribution in [3.05, 3.63) is 51.3 Å². The number of thioether (sulfide) groups is 1. The SMILES string of the molecule is CCCCN(C(=O)CSc1nncn1Cc1ccco1)c1c(N)n(CC(C)C)c(=O)[nH]c1=O. The molecule has 0 saturated carbocycles. The van der Waals surface area contributed by atoms with Crippen molar-refractivity contribution < 1.29 is 9.21 Å². The molecule has 0 aliphatic heterocycles. The number of nitrogens with zero attached hydrogens (tertiary/aromatic N) is 5. The maximum atomic E-state index is 13.2. The first-order valence-electron chi connectivity index (χ1n) is 10.8. The van der Waals surface area contributed by atoms with Crippen LogP contribution in [0, 0.1) is 5.92 Å². The second-order valence-electron chi connectivity index (χ2n) is 8.01. The minimum atomic E-state index is -0.673. The van der Waals surface area contributed by atoms with Gasteiger partial charge in [0, 0.05) is 13.1 Å². The van der Waals surface area contributed by atoms with Crippen LogP contribution in [0.15, 0.2) is 43.9 Å². The number of nitrogen functional groups attached to an aromatic ring is 1. The summed E-state index contributed by atoms with van der Waals surface area (Å²) in [5.41, 5.74) is 4.99. The number of H-pyrrole nitrogens is 1. The molecule has 12 heteroatoms. The van der Waals surface area contributed by atoms with Gasteiger partial charge >= 0.3 is 5.69 Å². The molecule has 0 aliphatic rings. The molecular formula is C21H29N7O4S. The van der Waals surface area contributed by atoms with Gasteiger partial charge in [-0.25, -0.2) is 4.79 Å². The number of carbonyl (C=O) groups is 1. The fraction of sp³-hybridized carbons (Fsp3) is 0.476. The standard InChI is InChI=1S/C21H29N7O4S/c1-4-5-8-27(17-18(22)28(10-14(2)3)20(31)24-19(17)30)16(29)12-33-21-25-23-13-26(21)11-15-7-6-9-32-15/h6-7,9,13-14H,4-5,8,10-12,22H2,1-3H3,(H,24,30,31). The Bertz CT molecular complexity index is 1180. The Kier molecular flexibility index (Phi) is 8.15. The van der Waals surface area contributed by atoms with Crippen LogP contribution in [0.4, 0.5) is 11.5 Å². The van der Waals surface area contributed by atoms with Gasteiger partial charge in [0.25, 0.3) is 5.56 Å². The average molecular weight is 476 g/mol. The van der Waals surface area contributed by atoms with E-state index in [0.717, 1.165) is 12.2 Å². The molecule has 0 fully saturated rings. The lowest BCUT2D eigenvalue weighted by Gasteiger charge is -2.24. The smallest absolute Gasteiger partial charge is 0.330 e. The van der Waals surface area contributed by atoms with Crippen LogP contribution in [-0.4, -0.2) is 42.5 Å². The molecule has 178 valence electrons. The molecule has 0 bridgehead atoms. The molecule has 0 atom stereocenters. The average Bonchev–Trinajstić information content (AvgIpc) is 3.44. The Morgan fingerprint density at radius 3 is 2.82 bits per heavy atom. The van der Waals surface area contributed by atoms with E-state index in [2.05, 4.69) is 15.2 Å². The van der Waals surface area contributed by atoms with Gasteiger partial charge in [0.2, 0.25) is 5.91 Å². The first kappa shape index (κ1) is 24.4. The number of rotatable bonds is 11. The van der Waals surface area contributed by atoms with Crippen molar-refractivity contribution in [2.45, 2.75) is 51.9 Å². The van der Waals surface area contributed by atoms with Gasteiger partial charge in [-0.05, 0) is 24.5 Å². The lowest BCUT2D eigenvalue weighted by molar-refractivity contribution is -0.116. The number of hydrogen-bond donors (Lipinski definition) is 2. The van der Waals surface area contributed by atoms with Crippen molar-refractivity contribution in [3.63, 3.8) is 0 Å². The second-order valence-corrected chi connectivity index (χ2v) is 8.95. The quantitative estimate of drug-likeness (QED) is 0.400. The summed E-state index contributed by atoms with van der Waals surface area (Å²) in [6.07, 6.45) is 4.64. The summed E-state index contributed by atoms with van der Waals surface area (Å²) in [6.45, 7) is 6.93. The summed E-state index contributed by atoms with van der Waals surface area (Å²) in [6, 6.07) is 3.63. The summed E-state index contributed by atoms with van der Waals surface area (Å²) in [7, 11) is 0. The molecule has 0 aliphatic carbocycles. The number of hydrogen-bond acceptors (Lipinski definition) is 8. The molecule has 1 amide bonds. The molecule has 0 unspecified atom stereocenters. The van der Waals surface area contributed by atoms with Crippen molar-refractivity contribution in [2.75, 3.05) is 22.9 Å². The van der Waals surface area contributed by atoms with Crippen molar-refractivity contribution in [2.24, 2.45) is 5.92 Å². The lowest BCUT2D eigenvalue weighted by Crippen LogP contribution is -2.42. The van der Waals surface area contributed by atoms with Crippen molar-refractivity contribution in [3.8, 4) is 0 Å². The number of aromatic nitrogens is 5. The Balaban J connectivity index is 1.84. The zero-order chi connectivity index (χ0) is 24.0. The van der Waals surface area contributed by atoms with Gasteiger partial charge in [0.1, 0.15) is 17.9 Å². The number of nitrogens with two attached hydrogens (primary N) is 1. The van der Waals surface area contributed by atoms with E-state index in [1.165, 1.54) is 21.2 Å². The topological polar surface area (TPSA) is 145 Å². The van der Waals surface area contributed by atoms with E-state index in [0.29, 0.717) is 31.2 Å². The lowest BCUT2D eigenvalue weighted by atomic mass is 10.2. The number of aromatic amines is 1. The van der Waals surface area contributed by atoms with Gasteiger partial charge in [-0.3, -0.25) is 19.1 Å². The van der Waals surface area contributed by atoms with Crippen LogP contribution in [0.1, 0.15) is 39.4 Å². The number of furan rings is 1. The summed E-state index contributed by atoms with van der Waals surface area (Å²) in [5, 5.41) is 8.55. The van der Waals surface area contributed by atoms with E-state index in [4.69, 9.17) is 10.2 Å². The van der Waals surface area contributed by atoms with Crippen molar-refractivity contribution in [1.29, 1.82) is 0 Å². The minimum absolute atomic E-state index is 0.00588. The summed E-state index contributed by atoms with van der Waals surface area (Å²) < 4.78 is 8.44. The number of unbranched alkanes of at least 4 members (excludes halogenated alkanes) is 1. The third-order valence-electron chi connectivity index (χ3n) is 4.88. The number of amides is 1. The van der Waals surface area contributed by atoms with Gasteiger partial charge in [-0.1, -0.05) is 39.0 Å². The Morgan fingerprint density at radius 2 is 2.15 bits per heavy atom. The normalized spacial score (nSPS) is 11.3. The summed E-state index contributed by atoms with van der Waals surface area (Å²) >= 11 is 1.20. The third kappa shape index (κ3) is 5.95. The highest BCUT2D eigenvalue weighted by Crippen LogP contribution is 2.22. The maximum Gasteiger partial charge on any atom is 0.330 e. The Morgan fingerprint density at radius 1 is 1.36 bits per heavy atom. The molecule has 0 radical (unpaired) electrons. The third-order valence-corrected chi connectivity index (χ3v) is 5.84. The fourth-order valence-corrected chi connectivity index (χ4v) is 4.09. The first-order chi connectivity index (χ1) is 15.8. The Hall–Kier alpha value is -3.28. The molecule has 3 aromatic rings. The van der Waals surface area contributed by atoms with Gasteiger partial charge in [-0.2, -0.15) is 0 Å². The molecule has 0 aromatic carbocycles. The summed E-state index contributed by atoms with van der Waals surface area (Å²) in [5.74, 6) is 0.558. The van der Waals surface area contributed by atoms with Crippen LogP contribution < -0.4 is 21.9 Å². The number of carbonyl (C=O) groups excluding carboxylic acids is 1. The molecule has 3 heterocycles. The van der Waals surface area contributed by atoms with Crippen LogP contribution >= 0.6 is 11.8 Å². The van der Waals surface area contributed by atoms with Gasteiger partial charge in [-0.15, -0.1) is 10.2 Å². The monoisotopic (exact) mass is 475 g/mol. The van der Waals surface area contributed by atoms with Gasteiger partial charge < -0.3 is 19.6 Å². The largest absolute Gasteiger partial charge is 0.467 e. The zero-order valence-electron chi connectivity index (χ0n) is 19.0. The molecule has 3 N–H and O–H groups in total. The van der Waals surface area contributed by atoms with E-state index in [1.807, 2.05) is 26.8 Å². The van der Waals surface area contributed by atoms with E-state index in [1.54, 1.807) is 23.2 Å². The Labute approximate surface area is 195 Å². The molecule has 11 nitrogen and oxygen atoms in total. The zero-order valence-corrected chi connectivity index (χ0v) is 19.8. The van der Waals surface area contributed by atoms with E-state index < -0.39 is 11.2 Å². The van der Waals surface area contributed by atoms with Crippen LogP contribution in [0.2, 0.25) is 0 Å². The highest BCUT2D eigenvalue weighted by atomic mass is 32.2. The predicted octanol–water partition coefficient (Wildman–Crippen LogP) is 1.93. The molecule has 0 saturated heterocycles. The molecule has 0 spiro atoms. The number of nitrogens with one attached hydrogen (secondary N) is 1. The first-order valence-corrected chi connectivity index (χ1v) is 11.8. The van der Waals surface area contributed by atoms with Crippen LogP contribution in [-0.2, 0) is 17.9 Å². The van der Waals surface area contributed by atoms with Gasteiger partial charge in [0.05, 0.1) is 18.6 Å².